The summed E-state index contributed by atoms with van der Waals surface area (Å²) >= 11 is 2.09. The maximum Gasteiger partial charge on any atom is 0.00786 e. The smallest absolute Gasteiger partial charge is 0.00786 e. The fourth-order valence-electron chi connectivity index (χ4n) is 2.01. The molecule has 14 heavy (non-hydrogen) atoms. The summed E-state index contributed by atoms with van der Waals surface area (Å²) in [6, 6.07) is 0.357. The second-order valence-corrected chi connectivity index (χ2v) is 5.58. The van der Waals surface area contributed by atoms with E-state index >= 15 is 0 Å². The molecule has 0 aliphatic carbocycles. The number of hydrogen-bond donors (Lipinski definition) is 1. The average Bonchev–Trinajstić information content (AvgIpc) is 2.19. The van der Waals surface area contributed by atoms with Gasteiger partial charge in [-0.05, 0) is 49.5 Å². The van der Waals surface area contributed by atoms with Gasteiger partial charge in [0, 0.05) is 6.04 Å². The van der Waals surface area contributed by atoms with Crippen molar-refractivity contribution in [2.24, 2.45) is 11.7 Å². The molecule has 0 amide bonds. The molecule has 0 bridgehead atoms. The normalized spacial score (nSPS) is 20.7. The zero-order valence-electron chi connectivity index (χ0n) is 9.30. The van der Waals surface area contributed by atoms with Crippen molar-refractivity contribution in [1.82, 2.24) is 0 Å². The van der Waals surface area contributed by atoms with Gasteiger partial charge in [0.25, 0.3) is 0 Å². The third-order valence-corrected chi connectivity index (χ3v) is 4.08. The van der Waals surface area contributed by atoms with Crippen LogP contribution in [0, 0.1) is 5.92 Å². The van der Waals surface area contributed by atoms with E-state index in [4.69, 9.17) is 5.73 Å². The molecule has 0 saturated carbocycles. The zero-order chi connectivity index (χ0) is 10.4. The quantitative estimate of drug-likeness (QED) is 0.710. The van der Waals surface area contributed by atoms with Crippen molar-refractivity contribution in [3.8, 4) is 0 Å². The van der Waals surface area contributed by atoms with Crippen molar-refractivity contribution in [1.29, 1.82) is 0 Å². The molecule has 1 aliphatic heterocycles. The maximum absolute atomic E-state index is 6.11. The lowest BCUT2D eigenvalue weighted by Gasteiger charge is -2.24. The Labute approximate surface area is 92.5 Å². The Hall–Kier alpha value is 0.0500. The molecule has 0 radical (unpaired) electrons. The van der Waals surface area contributed by atoms with Crippen LogP contribution in [-0.2, 0) is 0 Å². The molecular weight excluding hydrogens is 190 g/mol. The first-order valence-corrected chi connectivity index (χ1v) is 6.87. The van der Waals surface area contributed by atoms with Gasteiger partial charge in [-0.3, -0.25) is 0 Å². The van der Waals surface area contributed by atoms with Gasteiger partial charge < -0.3 is 5.73 Å². The first-order chi connectivity index (χ1) is 6.72. The summed E-state index contributed by atoms with van der Waals surface area (Å²) < 4.78 is 0. The van der Waals surface area contributed by atoms with Crippen LogP contribution in [0.3, 0.4) is 0 Å². The highest BCUT2D eigenvalue weighted by atomic mass is 32.2. The fourth-order valence-corrected chi connectivity index (χ4v) is 3.21. The highest BCUT2D eigenvalue weighted by Crippen LogP contribution is 2.27. The molecule has 0 aromatic carbocycles. The van der Waals surface area contributed by atoms with Crippen LogP contribution < -0.4 is 5.73 Å². The number of rotatable bonds is 5. The zero-order valence-corrected chi connectivity index (χ0v) is 10.1. The lowest BCUT2D eigenvalue weighted by atomic mass is 9.91. The minimum atomic E-state index is 0.357. The molecule has 1 saturated heterocycles. The van der Waals surface area contributed by atoms with E-state index in [0.29, 0.717) is 6.04 Å². The molecule has 1 fully saturated rings. The van der Waals surface area contributed by atoms with Crippen LogP contribution in [0.15, 0.2) is 12.2 Å². The van der Waals surface area contributed by atoms with Crippen molar-refractivity contribution in [3.63, 3.8) is 0 Å². The van der Waals surface area contributed by atoms with E-state index in [2.05, 4.69) is 25.3 Å². The predicted molar refractivity (Wildman–Crippen MR) is 66.7 cm³/mol. The number of nitrogens with two attached hydrogens (primary N) is 1. The SMILES string of the molecule is C=C(CC)CC(N)CC1CCSCC1. The summed E-state index contributed by atoms with van der Waals surface area (Å²) in [6.07, 6.45) is 6.06. The highest BCUT2D eigenvalue weighted by molar-refractivity contribution is 7.99. The van der Waals surface area contributed by atoms with Crippen LogP contribution in [0.4, 0.5) is 0 Å². The Kier molecular flexibility index (Phi) is 5.64. The molecular formula is C12H23NS. The van der Waals surface area contributed by atoms with Crippen molar-refractivity contribution >= 4 is 11.8 Å². The molecule has 82 valence electrons. The van der Waals surface area contributed by atoms with Gasteiger partial charge in [0.15, 0.2) is 0 Å². The molecule has 0 aromatic rings. The standard InChI is InChI=1S/C12H23NS/c1-3-10(2)8-12(13)9-11-4-6-14-7-5-11/h11-12H,2-9,13H2,1H3. The van der Waals surface area contributed by atoms with Gasteiger partial charge >= 0.3 is 0 Å². The van der Waals surface area contributed by atoms with E-state index in [1.807, 2.05) is 0 Å². The maximum atomic E-state index is 6.11. The molecule has 1 rings (SSSR count). The molecule has 0 spiro atoms. The Morgan fingerprint density at radius 1 is 1.50 bits per heavy atom. The average molecular weight is 213 g/mol. The predicted octanol–water partition coefficient (Wildman–Crippen LogP) is 3.20. The van der Waals surface area contributed by atoms with E-state index in [1.165, 1.54) is 36.3 Å². The van der Waals surface area contributed by atoms with Crippen LogP contribution in [0.25, 0.3) is 0 Å². The van der Waals surface area contributed by atoms with Crippen LogP contribution in [0.1, 0.15) is 39.0 Å². The van der Waals surface area contributed by atoms with Crippen LogP contribution >= 0.6 is 11.8 Å². The van der Waals surface area contributed by atoms with Crippen molar-refractivity contribution in [2.75, 3.05) is 11.5 Å². The molecule has 0 aromatic heterocycles. The third-order valence-electron chi connectivity index (χ3n) is 3.03. The third kappa shape index (κ3) is 4.52. The fraction of sp³-hybridized carbons (Fsp3) is 0.833. The second-order valence-electron chi connectivity index (χ2n) is 4.36. The van der Waals surface area contributed by atoms with Gasteiger partial charge in [0.2, 0.25) is 0 Å². The highest BCUT2D eigenvalue weighted by Gasteiger charge is 2.16. The molecule has 1 nitrogen and oxygen atoms in total. The molecule has 2 heteroatoms. The van der Waals surface area contributed by atoms with Crippen LogP contribution in [0.2, 0.25) is 0 Å². The Morgan fingerprint density at radius 2 is 2.14 bits per heavy atom. The number of hydrogen-bond acceptors (Lipinski definition) is 2. The van der Waals surface area contributed by atoms with Gasteiger partial charge in [-0.15, -0.1) is 0 Å². The van der Waals surface area contributed by atoms with Gasteiger partial charge in [-0.25, -0.2) is 0 Å². The number of thioether (sulfide) groups is 1. The molecule has 1 heterocycles. The van der Waals surface area contributed by atoms with Crippen LogP contribution in [-0.4, -0.2) is 17.5 Å². The van der Waals surface area contributed by atoms with E-state index in [0.717, 1.165) is 18.8 Å². The molecule has 1 unspecified atom stereocenters. The minimum Gasteiger partial charge on any atom is -0.327 e. The van der Waals surface area contributed by atoms with E-state index in [1.54, 1.807) is 0 Å². The van der Waals surface area contributed by atoms with Crippen molar-refractivity contribution in [3.05, 3.63) is 12.2 Å². The first-order valence-electron chi connectivity index (χ1n) is 5.72. The Morgan fingerprint density at radius 3 is 2.71 bits per heavy atom. The monoisotopic (exact) mass is 213 g/mol. The van der Waals surface area contributed by atoms with Crippen molar-refractivity contribution in [2.45, 2.75) is 45.1 Å². The second kappa shape index (κ2) is 6.52. The summed E-state index contributed by atoms with van der Waals surface area (Å²) in [6.45, 7) is 6.18. The largest absolute Gasteiger partial charge is 0.327 e. The van der Waals surface area contributed by atoms with Crippen molar-refractivity contribution < 1.29 is 0 Å². The van der Waals surface area contributed by atoms with Gasteiger partial charge in [0.05, 0.1) is 0 Å². The van der Waals surface area contributed by atoms with Crippen LogP contribution in [0.5, 0.6) is 0 Å². The Balaban J connectivity index is 2.18. The molecule has 2 N–H and O–H groups in total. The van der Waals surface area contributed by atoms with E-state index in [-0.39, 0.29) is 0 Å². The minimum absolute atomic E-state index is 0.357. The lowest BCUT2D eigenvalue weighted by Crippen LogP contribution is -2.25. The van der Waals surface area contributed by atoms with Gasteiger partial charge in [-0.2, -0.15) is 11.8 Å². The molecule has 1 atom stereocenters. The summed E-state index contributed by atoms with van der Waals surface area (Å²) in [4.78, 5) is 0. The summed E-state index contributed by atoms with van der Waals surface area (Å²) in [5.74, 6) is 3.56. The first kappa shape index (κ1) is 12.1. The Bertz CT molecular complexity index is 173. The van der Waals surface area contributed by atoms with Gasteiger partial charge in [-0.1, -0.05) is 19.1 Å². The topological polar surface area (TPSA) is 26.0 Å². The lowest BCUT2D eigenvalue weighted by molar-refractivity contribution is 0.404. The van der Waals surface area contributed by atoms with E-state index < -0.39 is 0 Å². The molecule has 1 aliphatic rings. The van der Waals surface area contributed by atoms with Gasteiger partial charge in [0.1, 0.15) is 0 Å². The summed E-state index contributed by atoms with van der Waals surface area (Å²) in [5.41, 5.74) is 7.42. The summed E-state index contributed by atoms with van der Waals surface area (Å²) in [5, 5.41) is 0. The summed E-state index contributed by atoms with van der Waals surface area (Å²) in [7, 11) is 0. The van der Waals surface area contributed by atoms with E-state index in [9.17, 15) is 0 Å².